The number of allylic oxidation sites excluding steroid dienone is 6. The van der Waals surface area contributed by atoms with Crippen LogP contribution < -0.4 is 0 Å². The van der Waals surface area contributed by atoms with Gasteiger partial charge >= 0.3 is 0 Å². The van der Waals surface area contributed by atoms with Gasteiger partial charge in [-0.05, 0) is 90.7 Å². The second-order valence-corrected chi connectivity index (χ2v) is 10.6. The minimum atomic E-state index is -0.0326. The van der Waals surface area contributed by atoms with E-state index >= 15 is 0 Å². The van der Waals surface area contributed by atoms with Gasteiger partial charge in [-0.15, -0.1) is 0 Å². The van der Waals surface area contributed by atoms with Gasteiger partial charge in [0.05, 0.1) is 5.69 Å². The Balaban J connectivity index is 2.14. The van der Waals surface area contributed by atoms with Crippen molar-refractivity contribution >= 4 is 16.3 Å². The van der Waals surface area contributed by atoms with Gasteiger partial charge in [0.2, 0.25) is 0 Å². The van der Waals surface area contributed by atoms with Gasteiger partial charge in [0.25, 0.3) is 0 Å². The molecule has 0 saturated heterocycles. The zero-order valence-corrected chi connectivity index (χ0v) is 20.3. The summed E-state index contributed by atoms with van der Waals surface area (Å²) in [7, 11) is 0. The van der Waals surface area contributed by atoms with Crippen LogP contribution in [0.1, 0.15) is 77.3 Å². The van der Waals surface area contributed by atoms with E-state index < -0.39 is 0 Å². The Bertz CT molecular complexity index is 1120. The summed E-state index contributed by atoms with van der Waals surface area (Å²) in [6.07, 6.45) is 10.3. The average molecular weight is 400 g/mol. The number of nitrogens with zero attached hydrogens (tertiary/aromatic N) is 1. The fourth-order valence-corrected chi connectivity index (χ4v) is 6.14. The molecule has 0 amide bonds. The molecule has 1 heteroatoms. The monoisotopic (exact) mass is 399 g/mol. The molecule has 158 valence electrons. The molecule has 0 N–H and O–H groups in total. The van der Waals surface area contributed by atoms with E-state index in [4.69, 9.17) is 4.98 Å². The molecule has 2 atom stereocenters. The van der Waals surface area contributed by atoms with Gasteiger partial charge in [-0.1, -0.05) is 64.5 Å². The highest BCUT2D eigenvalue weighted by atomic mass is 14.7. The highest BCUT2D eigenvalue weighted by Gasteiger charge is 2.46. The van der Waals surface area contributed by atoms with Crippen LogP contribution >= 0.6 is 0 Å². The van der Waals surface area contributed by atoms with Gasteiger partial charge in [-0.25, -0.2) is 0 Å². The molecule has 0 aliphatic heterocycles. The van der Waals surface area contributed by atoms with Crippen molar-refractivity contribution in [3.8, 4) is 0 Å². The van der Waals surface area contributed by atoms with Crippen LogP contribution in [0.4, 0.5) is 0 Å². The van der Waals surface area contributed by atoms with E-state index in [9.17, 15) is 0 Å². The Labute approximate surface area is 183 Å². The Morgan fingerprint density at radius 1 is 1.20 bits per heavy atom. The second kappa shape index (κ2) is 6.94. The Hall–Kier alpha value is -2.15. The van der Waals surface area contributed by atoms with E-state index in [0.717, 1.165) is 6.42 Å². The number of fused-ring (bicyclic) bond motifs is 1. The van der Waals surface area contributed by atoms with Crippen LogP contribution in [-0.2, 0) is 5.41 Å². The summed E-state index contributed by atoms with van der Waals surface area (Å²) in [4.78, 5) is 5.07. The number of hydrogen-bond donors (Lipinski definition) is 0. The molecule has 2 aliphatic rings. The first-order valence-electron chi connectivity index (χ1n) is 11.5. The maximum atomic E-state index is 5.07. The number of pyridine rings is 1. The number of hydrogen-bond acceptors (Lipinski definition) is 1. The molecule has 0 spiro atoms. The lowest BCUT2D eigenvalue weighted by molar-refractivity contribution is 0.219. The molecule has 0 fully saturated rings. The standard InChI is InChI=1S/C29H37N/c1-10-14-29(9,17(2)3)22-12-11-18(4)26-25(22)27-24-21(13-15-30-27)20(6)19(5)16-23(24)28(26,7)8/h10-11,13-17,22H,12H2,1-9H3. The van der Waals surface area contributed by atoms with Crippen LogP contribution in [0, 0.1) is 31.1 Å². The highest BCUT2D eigenvalue weighted by molar-refractivity contribution is 6.02. The van der Waals surface area contributed by atoms with E-state index in [2.05, 4.69) is 92.7 Å². The second-order valence-electron chi connectivity index (χ2n) is 10.6. The highest BCUT2D eigenvalue weighted by Crippen LogP contribution is 2.58. The lowest BCUT2D eigenvalue weighted by Gasteiger charge is -2.47. The SMILES string of the molecule is CC=CC(C)(C(C)C)C1CC=C(C)C2=C1c1nccc3c(C)c(C)cc(c13)C2(C)C. The summed E-state index contributed by atoms with van der Waals surface area (Å²) < 4.78 is 0. The van der Waals surface area contributed by atoms with E-state index in [1.807, 2.05) is 6.20 Å². The molecule has 1 aromatic carbocycles. The van der Waals surface area contributed by atoms with Crippen molar-refractivity contribution < 1.29 is 0 Å². The minimum Gasteiger partial charge on any atom is -0.256 e. The lowest BCUT2D eigenvalue weighted by atomic mass is 9.56. The van der Waals surface area contributed by atoms with Crippen LogP contribution in [-0.4, -0.2) is 4.98 Å². The van der Waals surface area contributed by atoms with Gasteiger partial charge < -0.3 is 0 Å². The molecular formula is C29H37N. The summed E-state index contributed by atoms with van der Waals surface area (Å²) in [5, 5.41) is 2.76. The fourth-order valence-electron chi connectivity index (χ4n) is 6.14. The van der Waals surface area contributed by atoms with Crippen molar-refractivity contribution in [3.63, 3.8) is 0 Å². The van der Waals surface area contributed by atoms with Gasteiger partial charge in [-0.2, -0.15) is 0 Å². The summed E-state index contributed by atoms with van der Waals surface area (Å²) in [6.45, 7) is 21.0. The quantitative estimate of drug-likeness (QED) is 0.475. The van der Waals surface area contributed by atoms with Gasteiger partial charge in [-0.3, -0.25) is 4.98 Å². The predicted octanol–water partition coefficient (Wildman–Crippen LogP) is 8.10. The molecule has 1 nitrogen and oxygen atoms in total. The molecule has 4 rings (SSSR count). The maximum absolute atomic E-state index is 5.07. The van der Waals surface area contributed by atoms with Crippen LogP contribution in [0.2, 0.25) is 0 Å². The Kier molecular flexibility index (Phi) is 4.88. The van der Waals surface area contributed by atoms with Crippen molar-refractivity contribution in [2.45, 2.75) is 74.1 Å². The fraction of sp³-hybridized carbons (Fsp3) is 0.483. The van der Waals surface area contributed by atoms with E-state index in [1.54, 1.807) is 0 Å². The summed E-state index contributed by atoms with van der Waals surface area (Å²) in [5.74, 6) is 0.974. The number of aromatic nitrogens is 1. The van der Waals surface area contributed by atoms with Crippen molar-refractivity contribution in [2.75, 3.05) is 0 Å². The molecule has 30 heavy (non-hydrogen) atoms. The molecule has 0 radical (unpaired) electrons. The maximum Gasteiger partial charge on any atom is 0.0749 e. The van der Waals surface area contributed by atoms with Gasteiger partial charge in [0, 0.05) is 17.0 Å². The molecule has 2 aromatic rings. The molecule has 1 heterocycles. The summed E-state index contributed by atoms with van der Waals surface area (Å²) in [6, 6.07) is 4.65. The zero-order valence-electron chi connectivity index (χ0n) is 20.3. The van der Waals surface area contributed by atoms with Crippen molar-refractivity contribution in [1.29, 1.82) is 0 Å². The van der Waals surface area contributed by atoms with E-state index in [1.165, 1.54) is 49.9 Å². The Morgan fingerprint density at radius 2 is 1.90 bits per heavy atom. The Morgan fingerprint density at radius 3 is 2.53 bits per heavy atom. The average Bonchev–Trinajstić information content (AvgIpc) is 2.68. The third-order valence-corrected chi connectivity index (χ3v) is 8.32. The summed E-state index contributed by atoms with van der Waals surface area (Å²) in [5.41, 5.74) is 9.92. The van der Waals surface area contributed by atoms with Crippen LogP contribution in [0.3, 0.4) is 0 Å². The smallest absolute Gasteiger partial charge is 0.0749 e. The predicted molar refractivity (Wildman–Crippen MR) is 131 cm³/mol. The topological polar surface area (TPSA) is 12.9 Å². The van der Waals surface area contributed by atoms with Gasteiger partial charge in [0.1, 0.15) is 0 Å². The molecule has 2 unspecified atom stereocenters. The molecule has 0 bridgehead atoms. The van der Waals surface area contributed by atoms with Gasteiger partial charge in [0.15, 0.2) is 0 Å². The first-order valence-corrected chi connectivity index (χ1v) is 11.5. The number of aryl methyl sites for hydroxylation is 2. The zero-order chi connectivity index (χ0) is 22.0. The van der Waals surface area contributed by atoms with Crippen LogP contribution in [0.5, 0.6) is 0 Å². The van der Waals surface area contributed by atoms with Crippen LogP contribution in [0.15, 0.2) is 47.7 Å². The third kappa shape index (κ3) is 2.70. The molecular weight excluding hydrogens is 362 g/mol. The largest absolute Gasteiger partial charge is 0.256 e. The molecule has 2 aliphatic carbocycles. The number of benzene rings is 1. The molecule has 0 saturated carbocycles. The lowest BCUT2D eigenvalue weighted by Crippen LogP contribution is -2.38. The first-order chi connectivity index (χ1) is 14.1. The number of rotatable bonds is 3. The van der Waals surface area contributed by atoms with Crippen molar-refractivity contribution in [2.24, 2.45) is 17.3 Å². The van der Waals surface area contributed by atoms with Crippen LogP contribution in [0.25, 0.3) is 16.3 Å². The minimum absolute atomic E-state index is 0.0326. The van der Waals surface area contributed by atoms with Crippen molar-refractivity contribution in [1.82, 2.24) is 4.98 Å². The third-order valence-electron chi connectivity index (χ3n) is 8.32. The first kappa shape index (κ1) is 21.1. The van der Waals surface area contributed by atoms with E-state index in [-0.39, 0.29) is 10.8 Å². The normalized spacial score (nSPS) is 22.5. The van der Waals surface area contributed by atoms with E-state index in [0.29, 0.717) is 11.8 Å². The van der Waals surface area contributed by atoms with Crippen molar-refractivity contribution in [3.05, 3.63) is 70.1 Å². The summed E-state index contributed by atoms with van der Waals surface area (Å²) >= 11 is 0. The molecule has 1 aromatic heterocycles.